The minimum Gasteiger partial charge on any atom is -0.462 e. The third kappa shape index (κ3) is 4.02. The van der Waals surface area contributed by atoms with Crippen molar-refractivity contribution in [1.29, 1.82) is 0 Å². The van der Waals surface area contributed by atoms with Crippen LogP contribution < -0.4 is 0 Å². The Labute approximate surface area is 113 Å². The van der Waals surface area contributed by atoms with E-state index in [-0.39, 0.29) is 5.97 Å². The van der Waals surface area contributed by atoms with Gasteiger partial charge >= 0.3 is 5.97 Å². The first-order valence-electron chi connectivity index (χ1n) is 6.43. The van der Waals surface area contributed by atoms with Gasteiger partial charge < -0.3 is 4.74 Å². The number of halogens is 1. The molecule has 0 spiro atoms. The predicted molar refractivity (Wildman–Crippen MR) is 71.8 cm³/mol. The summed E-state index contributed by atoms with van der Waals surface area (Å²) in [5, 5.41) is 0.530. The van der Waals surface area contributed by atoms with Crippen LogP contribution >= 0.6 is 11.6 Å². The zero-order valence-electron chi connectivity index (χ0n) is 10.7. The van der Waals surface area contributed by atoms with Crippen LogP contribution in [0.2, 0.25) is 5.02 Å². The van der Waals surface area contributed by atoms with Crippen LogP contribution in [0.25, 0.3) is 0 Å². The minimum absolute atomic E-state index is 0.338. The molecular weight excluding hydrogens is 248 g/mol. The quantitative estimate of drug-likeness (QED) is 0.567. The summed E-state index contributed by atoms with van der Waals surface area (Å²) in [5.41, 5.74) is 0.988. The first-order chi connectivity index (χ1) is 8.59. The van der Waals surface area contributed by atoms with E-state index in [1.54, 1.807) is 18.2 Å². The highest BCUT2D eigenvalue weighted by Gasteiger charge is 2.35. The fourth-order valence-electron chi connectivity index (χ4n) is 1.92. The highest BCUT2D eigenvalue weighted by molar-refractivity contribution is 6.30. The Morgan fingerprint density at radius 3 is 2.94 bits per heavy atom. The Balaban J connectivity index is 1.65. The van der Waals surface area contributed by atoms with Crippen molar-refractivity contribution >= 4 is 17.6 Å². The number of hydrogen-bond acceptors (Lipinski definition) is 2. The maximum atomic E-state index is 11.7. The normalized spacial score (nSPS) is 16.3. The average Bonchev–Trinajstić information content (AvgIpc) is 3.07. The van der Waals surface area contributed by atoms with Gasteiger partial charge in [-0.05, 0) is 55.7 Å². The molecule has 97 valence electrons. The molecule has 1 aromatic rings. The molecule has 1 aliphatic carbocycles. The number of unbranched alkanes of at least 4 members (excludes halogenated alkanes) is 1. The van der Waals surface area contributed by atoms with E-state index in [1.165, 1.54) is 19.3 Å². The zero-order valence-corrected chi connectivity index (χ0v) is 11.4. The third-order valence-electron chi connectivity index (χ3n) is 3.49. The fraction of sp³-hybridized carbons (Fsp3) is 0.533. The van der Waals surface area contributed by atoms with E-state index in [9.17, 15) is 4.79 Å². The smallest absolute Gasteiger partial charge is 0.338 e. The van der Waals surface area contributed by atoms with Crippen LogP contribution in [-0.2, 0) is 4.74 Å². The first kappa shape index (κ1) is 13.4. The molecule has 0 aromatic heterocycles. The Morgan fingerprint density at radius 2 is 2.28 bits per heavy atom. The highest BCUT2D eigenvalue weighted by Crippen LogP contribution is 2.49. The summed E-state index contributed by atoms with van der Waals surface area (Å²) in [7, 11) is 0. The number of esters is 1. The molecule has 1 fully saturated rings. The Kier molecular flexibility index (Phi) is 4.28. The largest absolute Gasteiger partial charge is 0.462 e. The van der Waals surface area contributed by atoms with Gasteiger partial charge in [-0.3, -0.25) is 0 Å². The van der Waals surface area contributed by atoms with Crippen LogP contribution in [-0.4, -0.2) is 12.6 Å². The van der Waals surface area contributed by atoms with E-state index in [4.69, 9.17) is 16.3 Å². The third-order valence-corrected chi connectivity index (χ3v) is 3.73. The summed E-state index contributed by atoms with van der Waals surface area (Å²) < 4.78 is 5.19. The molecule has 0 amide bonds. The summed E-state index contributed by atoms with van der Waals surface area (Å²) in [6.45, 7) is 2.80. The van der Waals surface area contributed by atoms with Gasteiger partial charge in [0.25, 0.3) is 0 Å². The summed E-state index contributed by atoms with van der Waals surface area (Å²) in [5.74, 6) is -0.338. The van der Waals surface area contributed by atoms with Gasteiger partial charge in [-0.2, -0.15) is 0 Å². The van der Waals surface area contributed by atoms with Crippen LogP contribution in [0.1, 0.15) is 49.4 Å². The number of rotatable bonds is 6. The molecule has 0 aliphatic heterocycles. The van der Waals surface area contributed by atoms with Crippen molar-refractivity contribution in [3.63, 3.8) is 0 Å². The van der Waals surface area contributed by atoms with Crippen LogP contribution in [0.5, 0.6) is 0 Å². The maximum Gasteiger partial charge on any atom is 0.338 e. The second-order valence-electron chi connectivity index (χ2n) is 5.32. The SMILES string of the molecule is CC1(CCCCOC(=O)c2[c]ccc(Cl)c2)CC1. The van der Waals surface area contributed by atoms with Crippen LogP contribution in [0.3, 0.4) is 0 Å². The van der Waals surface area contributed by atoms with Gasteiger partial charge in [0.15, 0.2) is 0 Å². The van der Waals surface area contributed by atoms with Crippen molar-refractivity contribution in [3.05, 3.63) is 34.9 Å². The van der Waals surface area contributed by atoms with Crippen molar-refractivity contribution < 1.29 is 9.53 Å². The van der Waals surface area contributed by atoms with Gasteiger partial charge in [0, 0.05) is 5.02 Å². The number of benzene rings is 1. The van der Waals surface area contributed by atoms with Crippen LogP contribution in [0.4, 0.5) is 0 Å². The van der Waals surface area contributed by atoms with E-state index < -0.39 is 0 Å². The van der Waals surface area contributed by atoms with Crippen molar-refractivity contribution in [2.24, 2.45) is 5.41 Å². The van der Waals surface area contributed by atoms with Crippen LogP contribution in [0.15, 0.2) is 18.2 Å². The van der Waals surface area contributed by atoms with Gasteiger partial charge in [0.05, 0.1) is 12.2 Å². The van der Waals surface area contributed by atoms with E-state index in [2.05, 4.69) is 13.0 Å². The summed E-state index contributed by atoms with van der Waals surface area (Å²) >= 11 is 5.80. The summed E-state index contributed by atoms with van der Waals surface area (Å²) in [4.78, 5) is 11.7. The monoisotopic (exact) mass is 265 g/mol. The topological polar surface area (TPSA) is 26.3 Å². The molecule has 1 saturated carbocycles. The number of hydrogen-bond donors (Lipinski definition) is 0. The standard InChI is InChI=1S/C15H18ClO2/c1-15(8-9-15)7-2-3-10-18-14(17)12-5-4-6-13(16)11-12/h4,6,11H,2-3,7-10H2,1H3. The zero-order chi connectivity index (χ0) is 13.0. The number of ether oxygens (including phenoxy) is 1. The molecule has 2 rings (SSSR count). The lowest BCUT2D eigenvalue weighted by Gasteiger charge is -2.08. The fourth-order valence-corrected chi connectivity index (χ4v) is 2.09. The van der Waals surface area contributed by atoms with Crippen molar-refractivity contribution in [2.45, 2.75) is 39.0 Å². The number of carbonyl (C=O) groups is 1. The first-order valence-corrected chi connectivity index (χ1v) is 6.81. The molecule has 0 unspecified atom stereocenters. The average molecular weight is 266 g/mol. The van der Waals surface area contributed by atoms with Gasteiger partial charge in [0.1, 0.15) is 0 Å². The maximum absolute atomic E-state index is 11.7. The van der Waals surface area contributed by atoms with Crippen LogP contribution in [0, 0.1) is 11.5 Å². The molecule has 1 aliphatic rings. The highest BCUT2D eigenvalue weighted by atomic mass is 35.5. The predicted octanol–water partition coefficient (Wildman–Crippen LogP) is 4.27. The van der Waals surface area contributed by atoms with Gasteiger partial charge in [-0.25, -0.2) is 4.79 Å². The van der Waals surface area contributed by atoms with Gasteiger partial charge in [-0.1, -0.05) is 24.6 Å². The van der Waals surface area contributed by atoms with E-state index in [0.717, 1.165) is 12.8 Å². The Hall–Kier alpha value is -1.02. The van der Waals surface area contributed by atoms with Crippen molar-refractivity contribution in [1.82, 2.24) is 0 Å². The van der Waals surface area contributed by atoms with Gasteiger partial charge in [-0.15, -0.1) is 0 Å². The summed E-state index contributed by atoms with van der Waals surface area (Å²) in [6, 6.07) is 7.72. The van der Waals surface area contributed by atoms with Gasteiger partial charge in [0.2, 0.25) is 0 Å². The molecule has 0 saturated heterocycles. The molecule has 18 heavy (non-hydrogen) atoms. The molecule has 0 heterocycles. The lowest BCUT2D eigenvalue weighted by atomic mass is 10.0. The lowest BCUT2D eigenvalue weighted by Crippen LogP contribution is -2.07. The Morgan fingerprint density at radius 1 is 1.50 bits per heavy atom. The van der Waals surface area contributed by atoms with Crippen molar-refractivity contribution in [2.75, 3.05) is 6.61 Å². The lowest BCUT2D eigenvalue weighted by molar-refractivity contribution is 0.0496. The molecule has 0 N–H and O–H groups in total. The number of carbonyl (C=O) groups excluding carboxylic acids is 1. The molecule has 1 radical (unpaired) electrons. The molecule has 0 bridgehead atoms. The summed E-state index contributed by atoms with van der Waals surface area (Å²) in [6.07, 6.45) is 6.01. The van der Waals surface area contributed by atoms with Crippen molar-refractivity contribution in [3.8, 4) is 0 Å². The second-order valence-corrected chi connectivity index (χ2v) is 5.76. The molecule has 3 heteroatoms. The van der Waals surface area contributed by atoms with E-state index in [1.807, 2.05) is 0 Å². The van der Waals surface area contributed by atoms with E-state index >= 15 is 0 Å². The minimum atomic E-state index is -0.338. The molecular formula is C15H18ClO2. The second kappa shape index (κ2) is 5.75. The Bertz CT molecular complexity index is 424. The van der Waals surface area contributed by atoms with E-state index in [0.29, 0.717) is 22.6 Å². The molecule has 1 aromatic carbocycles. The molecule has 0 atom stereocenters. The molecule has 2 nitrogen and oxygen atoms in total.